The molecular formula is C18H11N3O4S. The Morgan fingerprint density at radius 1 is 1.23 bits per heavy atom. The van der Waals surface area contributed by atoms with E-state index in [-0.39, 0.29) is 11.6 Å². The highest BCUT2D eigenvalue weighted by Crippen LogP contribution is 2.37. The monoisotopic (exact) mass is 365 g/mol. The Hall–Kier alpha value is -3.52. The van der Waals surface area contributed by atoms with Crippen LogP contribution in [0.25, 0.3) is 11.6 Å². The van der Waals surface area contributed by atoms with Crippen LogP contribution in [-0.2, 0) is 4.79 Å². The summed E-state index contributed by atoms with van der Waals surface area (Å²) in [6, 6.07) is 12.4. The zero-order valence-electron chi connectivity index (χ0n) is 13.2. The van der Waals surface area contributed by atoms with Crippen molar-refractivity contribution >= 4 is 40.4 Å². The van der Waals surface area contributed by atoms with Crippen molar-refractivity contribution in [2.24, 2.45) is 0 Å². The fourth-order valence-corrected chi connectivity index (χ4v) is 3.29. The number of fused-ring (bicyclic) bond motifs is 1. The van der Waals surface area contributed by atoms with E-state index in [1.54, 1.807) is 6.08 Å². The summed E-state index contributed by atoms with van der Waals surface area (Å²) < 4.78 is 5.86. The molecule has 2 aromatic heterocycles. The molecule has 0 saturated carbocycles. The highest BCUT2D eigenvalue weighted by Gasteiger charge is 2.28. The van der Waals surface area contributed by atoms with Gasteiger partial charge in [-0.3, -0.25) is 14.9 Å². The van der Waals surface area contributed by atoms with Crippen LogP contribution in [0, 0.1) is 10.1 Å². The first-order chi connectivity index (χ1) is 12.6. The summed E-state index contributed by atoms with van der Waals surface area (Å²) in [5.74, 6) is 1.24. The molecule has 0 spiro atoms. The number of hydrogen-bond acceptors (Lipinski definition) is 6. The molecule has 128 valence electrons. The van der Waals surface area contributed by atoms with Crippen molar-refractivity contribution in [2.45, 2.75) is 0 Å². The van der Waals surface area contributed by atoms with Gasteiger partial charge in [0.25, 0.3) is 11.6 Å². The maximum atomic E-state index is 12.3. The van der Waals surface area contributed by atoms with E-state index < -0.39 is 4.92 Å². The first kappa shape index (κ1) is 16.0. The number of rotatable bonds is 4. The lowest BCUT2D eigenvalue weighted by Gasteiger charge is -2.05. The number of amides is 1. The van der Waals surface area contributed by atoms with Crippen LogP contribution >= 0.6 is 11.3 Å². The van der Waals surface area contributed by atoms with E-state index in [4.69, 9.17) is 4.74 Å². The normalized spacial score (nSPS) is 14.2. The quantitative estimate of drug-likeness (QED) is 0.422. The summed E-state index contributed by atoms with van der Waals surface area (Å²) in [6.45, 7) is 0. The third kappa shape index (κ3) is 2.93. The van der Waals surface area contributed by atoms with Gasteiger partial charge in [-0.2, -0.15) is 0 Å². The molecule has 0 saturated heterocycles. The second-order valence-electron chi connectivity index (χ2n) is 5.42. The van der Waals surface area contributed by atoms with Gasteiger partial charge in [-0.15, -0.1) is 11.3 Å². The lowest BCUT2D eigenvalue weighted by molar-refractivity contribution is -0.385. The number of pyridine rings is 1. The van der Waals surface area contributed by atoms with Crippen molar-refractivity contribution in [3.05, 3.63) is 74.6 Å². The van der Waals surface area contributed by atoms with Crippen LogP contribution in [0.5, 0.6) is 11.5 Å². The predicted molar refractivity (Wildman–Crippen MR) is 98.2 cm³/mol. The molecule has 1 amide bonds. The Kier molecular flexibility index (Phi) is 3.94. The van der Waals surface area contributed by atoms with Crippen LogP contribution in [0.3, 0.4) is 0 Å². The summed E-state index contributed by atoms with van der Waals surface area (Å²) >= 11 is 1.41. The first-order valence-electron chi connectivity index (χ1n) is 7.60. The van der Waals surface area contributed by atoms with Gasteiger partial charge >= 0.3 is 0 Å². The Bertz CT molecular complexity index is 1040. The van der Waals surface area contributed by atoms with Crippen LogP contribution in [0.1, 0.15) is 10.4 Å². The third-order valence-corrected chi connectivity index (χ3v) is 4.60. The second kappa shape index (κ2) is 6.41. The number of carbonyl (C=O) groups excluding carboxylic acids is 1. The summed E-state index contributed by atoms with van der Waals surface area (Å²) in [5, 5.41) is 15.5. The van der Waals surface area contributed by atoms with E-state index in [0.29, 0.717) is 28.5 Å². The number of carbonyl (C=O) groups is 1. The largest absolute Gasteiger partial charge is 0.456 e. The van der Waals surface area contributed by atoms with Crippen molar-refractivity contribution in [2.75, 3.05) is 5.32 Å². The number of anilines is 1. The molecule has 3 aromatic rings. The maximum absolute atomic E-state index is 12.3. The van der Waals surface area contributed by atoms with Gasteiger partial charge in [0.15, 0.2) is 0 Å². The minimum Gasteiger partial charge on any atom is -0.456 e. The molecule has 0 atom stereocenters. The average Bonchev–Trinajstić information content (AvgIpc) is 3.20. The van der Waals surface area contributed by atoms with Crippen molar-refractivity contribution in [3.8, 4) is 11.5 Å². The number of nitrogens with zero attached hydrogens (tertiary/aromatic N) is 2. The molecule has 0 unspecified atom stereocenters. The zero-order valence-corrected chi connectivity index (χ0v) is 14.0. The molecule has 1 aromatic carbocycles. The second-order valence-corrected chi connectivity index (χ2v) is 6.37. The van der Waals surface area contributed by atoms with E-state index in [9.17, 15) is 14.9 Å². The number of ether oxygens (including phenoxy) is 1. The number of aromatic nitrogens is 1. The van der Waals surface area contributed by atoms with E-state index in [0.717, 1.165) is 11.1 Å². The molecule has 0 bridgehead atoms. The zero-order chi connectivity index (χ0) is 18.1. The summed E-state index contributed by atoms with van der Waals surface area (Å²) in [6.07, 6.45) is 2.78. The molecule has 1 N–H and O–H groups in total. The lowest BCUT2D eigenvalue weighted by Crippen LogP contribution is -2.04. The Morgan fingerprint density at radius 2 is 2.04 bits per heavy atom. The number of benzene rings is 1. The van der Waals surface area contributed by atoms with Crippen LogP contribution in [0.4, 0.5) is 11.5 Å². The third-order valence-electron chi connectivity index (χ3n) is 3.75. The predicted octanol–water partition coefficient (Wildman–Crippen LogP) is 4.34. The van der Waals surface area contributed by atoms with Gasteiger partial charge in [0, 0.05) is 11.6 Å². The fraction of sp³-hybridized carbons (Fsp3) is 0. The number of nitro groups is 1. The van der Waals surface area contributed by atoms with Crippen molar-refractivity contribution < 1.29 is 14.5 Å². The molecule has 3 heterocycles. The van der Waals surface area contributed by atoms with Gasteiger partial charge in [-0.25, -0.2) is 4.98 Å². The minimum atomic E-state index is -0.539. The smallest absolute Gasteiger partial charge is 0.288 e. The van der Waals surface area contributed by atoms with E-state index in [2.05, 4.69) is 10.3 Å². The first-order valence-corrected chi connectivity index (χ1v) is 8.48. The Balaban J connectivity index is 1.72. The van der Waals surface area contributed by atoms with Gasteiger partial charge < -0.3 is 10.1 Å². The number of para-hydroxylation sites is 1. The van der Waals surface area contributed by atoms with Crippen LogP contribution < -0.4 is 10.1 Å². The molecule has 1 aliphatic rings. The molecule has 26 heavy (non-hydrogen) atoms. The molecule has 7 nitrogen and oxygen atoms in total. The molecule has 0 fully saturated rings. The molecular weight excluding hydrogens is 354 g/mol. The summed E-state index contributed by atoms with van der Waals surface area (Å²) in [5.41, 5.74) is 0.554. The Morgan fingerprint density at radius 3 is 2.81 bits per heavy atom. The van der Waals surface area contributed by atoms with Gasteiger partial charge in [0.05, 0.1) is 15.4 Å². The van der Waals surface area contributed by atoms with Crippen molar-refractivity contribution in [1.29, 1.82) is 0 Å². The molecule has 0 aliphatic carbocycles. The number of hydrogen-bond donors (Lipinski definition) is 1. The standard InChI is InChI=1S/C18H11N3O4S/c22-18-14(13-8-11(21(23)24)10-19-17(13)20-18)9-16-15(6-7-26-16)25-12-4-2-1-3-5-12/h1-10H,(H,19,20,22). The number of nitrogens with one attached hydrogen (secondary N) is 1. The van der Waals surface area contributed by atoms with Crippen LogP contribution in [-0.4, -0.2) is 15.8 Å². The SMILES string of the molecule is O=C1Nc2ncc([N+](=O)[O-])cc2C1=Cc1sccc1Oc1ccccc1. The van der Waals surface area contributed by atoms with Gasteiger partial charge in [-0.05, 0) is 29.7 Å². The van der Waals surface area contributed by atoms with Gasteiger partial charge in [0.2, 0.25) is 0 Å². The average molecular weight is 365 g/mol. The summed E-state index contributed by atoms with van der Waals surface area (Å²) in [4.78, 5) is 27.4. The highest BCUT2D eigenvalue weighted by molar-refractivity contribution is 7.11. The van der Waals surface area contributed by atoms with E-state index >= 15 is 0 Å². The maximum Gasteiger partial charge on any atom is 0.288 e. The summed E-state index contributed by atoms with van der Waals surface area (Å²) in [7, 11) is 0. The van der Waals surface area contributed by atoms with Crippen molar-refractivity contribution in [1.82, 2.24) is 4.98 Å². The van der Waals surface area contributed by atoms with Crippen LogP contribution in [0.2, 0.25) is 0 Å². The van der Waals surface area contributed by atoms with Crippen LogP contribution in [0.15, 0.2) is 54.0 Å². The van der Waals surface area contributed by atoms with Crippen molar-refractivity contribution in [3.63, 3.8) is 0 Å². The number of thiophene rings is 1. The highest BCUT2D eigenvalue weighted by atomic mass is 32.1. The lowest BCUT2D eigenvalue weighted by atomic mass is 10.1. The molecule has 1 aliphatic heterocycles. The van der Waals surface area contributed by atoms with E-state index in [1.165, 1.54) is 17.4 Å². The molecule has 0 radical (unpaired) electrons. The Labute approximate surface area is 151 Å². The molecule has 8 heteroatoms. The van der Waals surface area contributed by atoms with E-state index in [1.807, 2.05) is 41.8 Å². The van der Waals surface area contributed by atoms with Gasteiger partial charge in [-0.1, -0.05) is 18.2 Å². The van der Waals surface area contributed by atoms with Gasteiger partial charge in [0.1, 0.15) is 23.5 Å². The molecule has 4 rings (SSSR count). The minimum absolute atomic E-state index is 0.168. The topological polar surface area (TPSA) is 94.4 Å². The fourth-order valence-electron chi connectivity index (χ4n) is 2.54.